The molecule has 126 valence electrons. The maximum atomic E-state index is 12.3. The van der Waals surface area contributed by atoms with Gasteiger partial charge in [-0.1, -0.05) is 18.2 Å². The second-order valence-electron chi connectivity index (χ2n) is 5.72. The number of nitrogens with zero attached hydrogens (tertiary/aromatic N) is 1. The highest BCUT2D eigenvalue weighted by Crippen LogP contribution is 2.22. The first-order valence-electron chi connectivity index (χ1n) is 8.22. The van der Waals surface area contributed by atoms with Gasteiger partial charge in [-0.3, -0.25) is 9.59 Å². The number of hydrogen-bond donors (Lipinski definition) is 0. The third-order valence-electron chi connectivity index (χ3n) is 4.27. The Bertz CT molecular complexity index is 536. The second kappa shape index (κ2) is 8.56. The Morgan fingerprint density at radius 2 is 1.91 bits per heavy atom. The van der Waals surface area contributed by atoms with Gasteiger partial charge in [0.25, 0.3) is 0 Å². The standard InChI is InChI=1S/C18H25NO4/c1-3-23-18(21)15-10-12-19(13-11-15)17(20)9-8-14-6-4-5-7-16(14)22-2/h4-7,15H,3,8-13H2,1-2H3. The number of esters is 1. The van der Waals surface area contributed by atoms with Crippen LogP contribution in [-0.2, 0) is 20.7 Å². The number of methoxy groups -OCH3 is 1. The van der Waals surface area contributed by atoms with Crippen LogP contribution < -0.4 is 4.74 Å². The average Bonchev–Trinajstić information content (AvgIpc) is 2.60. The molecule has 0 N–H and O–H groups in total. The number of para-hydroxylation sites is 1. The van der Waals surface area contributed by atoms with Gasteiger partial charge in [-0.05, 0) is 37.8 Å². The van der Waals surface area contributed by atoms with Crippen LogP contribution in [0.4, 0.5) is 0 Å². The smallest absolute Gasteiger partial charge is 0.309 e. The van der Waals surface area contributed by atoms with E-state index < -0.39 is 0 Å². The van der Waals surface area contributed by atoms with Crippen molar-refractivity contribution in [3.05, 3.63) is 29.8 Å². The van der Waals surface area contributed by atoms with Crippen LogP contribution >= 0.6 is 0 Å². The first-order chi connectivity index (χ1) is 11.2. The summed E-state index contributed by atoms with van der Waals surface area (Å²) in [5.41, 5.74) is 1.05. The molecule has 0 saturated carbocycles. The third kappa shape index (κ3) is 4.71. The van der Waals surface area contributed by atoms with Gasteiger partial charge in [0, 0.05) is 19.5 Å². The highest BCUT2D eigenvalue weighted by Gasteiger charge is 2.27. The molecule has 1 heterocycles. The van der Waals surface area contributed by atoms with Crippen molar-refractivity contribution in [3.8, 4) is 5.75 Å². The van der Waals surface area contributed by atoms with Crippen molar-refractivity contribution < 1.29 is 19.1 Å². The summed E-state index contributed by atoms with van der Waals surface area (Å²) in [5.74, 6) is 0.765. The van der Waals surface area contributed by atoms with Crippen molar-refractivity contribution in [2.45, 2.75) is 32.6 Å². The number of piperidine rings is 1. The summed E-state index contributed by atoms with van der Waals surface area (Å²) >= 11 is 0. The van der Waals surface area contributed by atoms with Gasteiger partial charge >= 0.3 is 5.97 Å². The molecule has 1 aromatic carbocycles. The number of rotatable bonds is 6. The SMILES string of the molecule is CCOC(=O)C1CCN(C(=O)CCc2ccccc2OC)CC1. The van der Waals surface area contributed by atoms with Gasteiger partial charge in [-0.25, -0.2) is 0 Å². The van der Waals surface area contributed by atoms with Crippen LogP contribution in [-0.4, -0.2) is 43.6 Å². The Balaban J connectivity index is 1.80. The van der Waals surface area contributed by atoms with Gasteiger partial charge in [0.1, 0.15) is 5.75 Å². The van der Waals surface area contributed by atoms with Crippen LogP contribution in [0, 0.1) is 5.92 Å². The lowest BCUT2D eigenvalue weighted by molar-refractivity contribution is -0.151. The Labute approximate surface area is 137 Å². The van der Waals surface area contributed by atoms with Gasteiger partial charge in [0.05, 0.1) is 19.6 Å². The number of likely N-dealkylation sites (tertiary alicyclic amines) is 1. The third-order valence-corrected chi connectivity index (χ3v) is 4.27. The van der Waals surface area contributed by atoms with Gasteiger partial charge in [-0.15, -0.1) is 0 Å². The fourth-order valence-electron chi connectivity index (χ4n) is 2.93. The molecule has 0 atom stereocenters. The number of carbonyl (C=O) groups excluding carboxylic acids is 2. The van der Waals surface area contributed by atoms with E-state index in [-0.39, 0.29) is 17.8 Å². The van der Waals surface area contributed by atoms with Crippen molar-refractivity contribution in [3.63, 3.8) is 0 Å². The quantitative estimate of drug-likeness (QED) is 0.756. The molecule has 5 nitrogen and oxygen atoms in total. The molecule has 2 rings (SSSR count). The van der Waals surface area contributed by atoms with Crippen LogP contribution in [0.25, 0.3) is 0 Å². The number of ether oxygens (including phenoxy) is 2. The van der Waals surface area contributed by atoms with Gasteiger partial charge in [0.2, 0.25) is 5.91 Å². The molecule has 0 unspecified atom stereocenters. The largest absolute Gasteiger partial charge is 0.496 e. The summed E-state index contributed by atoms with van der Waals surface area (Å²) in [4.78, 5) is 25.9. The van der Waals surface area contributed by atoms with E-state index in [1.807, 2.05) is 36.1 Å². The topological polar surface area (TPSA) is 55.8 Å². The van der Waals surface area contributed by atoms with Crippen molar-refractivity contribution >= 4 is 11.9 Å². The normalized spacial score (nSPS) is 15.3. The predicted octanol–water partition coefficient (Wildman–Crippen LogP) is 2.43. The molecule has 0 aromatic heterocycles. The molecule has 1 aliphatic rings. The van der Waals surface area contributed by atoms with Crippen LogP contribution in [0.5, 0.6) is 5.75 Å². The number of benzene rings is 1. The zero-order valence-electron chi connectivity index (χ0n) is 13.9. The number of carbonyl (C=O) groups is 2. The van der Waals surface area contributed by atoms with Crippen molar-refractivity contribution in [2.75, 3.05) is 26.8 Å². The highest BCUT2D eigenvalue weighted by atomic mass is 16.5. The van der Waals surface area contributed by atoms with E-state index in [1.165, 1.54) is 0 Å². The Hall–Kier alpha value is -2.04. The molecule has 23 heavy (non-hydrogen) atoms. The minimum absolute atomic E-state index is 0.0618. The van der Waals surface area contributed by atoms with E-state index in [4.69, 9.17) is 9.47 Å². The van der Waals surface area contributed by atoms with E-state index in [9.17, 15) is 9.59 Å². The molecule has 0 aliphatic carbocycles. The first-order valence-corrected chi connectivity index (χ1v) is 8.22. The van der Waals surface area contributed by atoms with Crippen LogP contribution in [0.15, 0.2) is 24.3 Å². The molecule has 0 radical (unpaired) electrons. The number of aryl methyl sites for hydroxylation is 1. The molecule has 1 aromatic rings. The zero-order chi connectivity index (χ0) is 16.7. The van der Waals surface area contributed by atoms with Crippen molar-refractivity contribution in [1.82, 2.24) is 4.90 Å². The maximum Gasteiger partial charge on any atom is 0.309 e. The Morgan fingerprint density at radius 1 is 1.22 bits per heavy atom. The number of amides is 1. The fourth-order valence-corrected chi connectivity index (χ4v) is 2.93. The van der Waals surface area contributed by atoms with Crippen molar-refractivity contribution in [2.24, 2.45) is 5.92 Å². The average molecular weight is 319 g/mol. The predicted molar refractivity (Wildman–Crippen MR) is 87.3 cm³/mol. The summed E-state index contributed by atoms with van der Waals surface area (Å²) in [6, 6.07) is 7.77. The summed E-state index contributed by atoms with van der Waals surface area (Å²) in [6.45, 7) is 3.49. The number of hydrogen-bond acceptors (Lipinski definition) is 4. The fraction of sp³-hybridized carbons (Fsp3) is 0.556. The molecule has 0 spiro atoms. The lowest BCUT2D eigenvalue weighted by Gasteiger charge is -2.31. The molecular weight excluding hydrogens is 294 g/mol. The molecule has 1 amide bonds. The van der Waals surface area contributed by atoms with Gasteiger partial charge in [-0.2, -0.15) is 0 Å². The maximum absolute atomic E-state index is 12.3. The van der Waals surface area contributed by atoms with E-state index in [2.05, 4.69) is 0 Å². The molecule has 1 saturated heterocycles. The summed E-state index contributed by atoms with van der Waals surface area (Å²) in [6.07, 6.45) is 2.52. The molecule has 1 aliphatic heterocycles. The van der Waals surface area contributed by atoms with Crippen LogP contribution in [0.2, 0.25) is 0 Å². The minimum Gasteiger partial charge on any atom is -0.496 e. The van der Waals surface area contributed by atoms with Gasteiger partial charge in [0.15, 0.2) is 0 Å². The Morgan fingerprint density at radius 3 is 2.57 bits per heavy atom. The molecule has 0 bridgehead atoms. The second-order valence-corrected chi connectivity index (χ2v) is 5.72. The molecular formula is C18H25NO4. The van der Waals surface area contributed by atoms with Crippen LogP contribution in [0.1, 0.15) is 31.7 Å². The van der Waals surface area contributed by atoms with E-state index >= 15 is 0 Å². The Kier molecular flexibility index (Phi) is 6.44. The summed E-state index contributed by atoms with van der Waals surface area (Å²) in [5, 5.41) is 0. The summed E-state index contributed by atoms with van der Waals surface area (Å²) < 4.78 is 10.4. The molecule has 1 fully saturated rings. The monoisotopic (exact) mass is 319 g/mol. The minimum atomic E-state index is -0.131. The van der Waals surface area contributed by atoms with Gasteiger partial charge < -0.3 is 14.4 Å². The van der Waals surface area contributed by atoms with E-state index in [0.29, 0.717) is 45.4 Å². The molecule has 5 heteroatoms. The van der Waals surface area contributed by atoms with E-state index in [0.717, 1.165) is 11.3 Å². The lowest BCUT2D eigenvalue weighted by Crippen LogP contribution is -2.40. The van der Waals surface area contributed by atoms with Crippen molar-refractivity contribution in [1.29, 1.82) is 0 Å². The first kappa shape index (κ1) is 17.3. The summed E-state index contributed by atoms with van der Waals surface area (Å²) in [7, 11) is 1.64. The lowest BCUT2D eigenvalue weighted by atomic mass is 9.96. The van der Waals surface area contributed by atoms with E-state index in [1.54, 1.807) is 7.11 Å². The zero-order valence-corrected chi connectivity index (χ0v) is 13.9. The highest BCUT2D eigenvalue weighted by molar-refractivity contribution is 5.77. The van der Waals surface area contributed by atoms with Crippen LogP contribution in [0.3, 0.4) is 0 Å².